The van der Waals surface area contributed by atoms with Crippen LogP contribution in [0.15, 0.2) is 0 Å². The molecule has 0 amide bonds. The Morgan fingerprint density at radius 1 is 1.22 bits per heavy atom. The van der Waals surface area contributed by atoms with Gasteiger partial charge in [-0.05, 0) is 45.6 Å². The van der Waals surface area contributed by atoms with Gasteiger partial charge in [-0.25, -0.2) is 13.1 Å². The van der Waals surface area contributed by atoms with Crippen LogP contribution in [0.4, 0.5) is 0 Å². The Morgan fingerprint density at radius 2 is 2.00 bits per heavy atom. The van der Waals surface area contributed by atoms with Crippen molar-refractivity contribution in [3.63, 3.8) is 0 Å². The van der Waals surface area contributed by atoms with Gasteiger partial charge in [-0.2, -0.15) is 0 Å². The third-order valence-electron chi connectivity index (χ3n) is 3.56. The van der Waals surface area contributed by atoms with Crippen molar-refractivity contribution in [2.75, 3.05) is 18.9 Å². The van der Waals surface area contributed by atoms with Gasteiger partial charge in [0.15, 0.2) is 0 Å². The molecule has 1 saturated carbocycles. The van der Waals surface area contributed by atoms with Gasteiger partial charge in [0, 0.05) is 18.7 Å². The second-order valence-electron chi connectivity index (χ2n) is 5.34. The predicted molar refractivity (Wildman–Crippen MR) is 71.0 cm³/mol. The molecule has 0 aromatic carbocycles. The number of hydrogen-bond donors (Lipinski definition) is 2. The zero-order valence-electron chi connectivity index (χ0n) is 11.0. The number of rotatable bonds is 8. The second-order valence-corrected chi connectivity index (χ2v) is 7.22. The van der Waals surface area contributed by atoms with E-state index in [1.54, 1.807) is 0 Å². The summed E-state index contributed by atoms with van der Waals surface area (Å²) >= 11 is 0. The van der Waals surface area contributed by atoms with Crippen molar-refractivity contribution in [3.05, 3.63) is 0 Å². The van der Waals surface area contributed by atoms with Crippen LogP contribution in [0.1, 0.15) is 39.0 Å². The summed E-state index contributed by atoms with van der Waals surface area (Å²) in [6, 6.07) is 0.663. The van der Waals surface area contributed by atoms with Crippen LogP contribution in [0.5, 0.6) is 0 Å². The van der Waals surface area contributed by atoms with Gasteiger partial charge in [0.05, 0.1) is 11.9 Å². The van der Waals surface area contributed by atoms with Crippen molar-refractivity contribution < 1.29 is 13.2 Å². The summed E-state index contributed by atoms with van der Waals surface area (Å²) in [5.41, 5.74) is 0. The smallest absolute Gasteiger partial charge is 0.211 e. The molecule has 2 N–H and O–H groups in total. The first-order chi connectivity index (χ1) is 8.57. The van der Waals surface area contributed by atoms with Gasteiger partial charge < -0.3 is 10.1 Å². The Labute approximate surface area is 110 Å². The Hall–Kier alpha value is -0.170. The molecule has 1 heterocycles. The quantitative estimate of drug-likeness (QED) is 0.638. The maximum atomic E-state index is 11.9. The first kappa shape index (κ1) is 14.2. The van der Waals surface area contributed by atoms with E-state index in [-0.39, 0.29) is 17.9 Å². The molecule has 2 fully saturated rings. The average Bonchev–Trinajstić information content (AvgIpc) is 3.04. The van der Waals surface area contributed by atoms with Crippen LogP contribution >= 0.6 is 0 Å². The maximum absolute atomic E-state index is 11.9. The highest BCUT2D eigenvalue weighted by molar-refractivity contribution is 7.89. The fraction of sp³-hybridized carbons (Fsp3) is 1.00. The summed E-state index contributed by atoms with van der Waals surface area (Å²) in [6.07, 6.45) is 4.98. The summed E-state index contributed by atoms with van der Waals surface area (Å²) in [5.74, 6) is 0.225. The fourth-order valence-corrected chi connectivity index (χ4v) is 3.66. The topological polar surface area (TPSA) is 67.4 Å². The molecule has 5 nitrogen and oxygen atoms in total. The molecule has 0 radical (unpaired) electrons. The normalized spacial score (nSPS) is 28.7. The number of unbranched alkanes of at least 4 members (excludes halogenated alkanes) is 1. The molecule has 2 atom stereocenters. The molecule has 2 rings (SSSR count). The number of ether oxygens (including phenoxy) is 1. The Morgan fingerprint density at radius 3 is 2.61 bits per heavy atom. The number of hydrogen-bond acceptors (Lipinski definition) is 4. The van der Waals surface area contributed by atoms with Crippen molar-refractivity contribution in [2.24, 2.45) is 0 Å². The molecule has 18 heavy (non-hydrogen) atoms. The minimum absolute atomic E-state index is 0.00342. The molecule has 0 spiro atoms. The van der Waals surface area contributed by atoms with E-state index in [0.29, 0.717) is 12.6 Å². The van der Waals surface area contributed by atoms with Gasteiger partial charge in [-0.3, -0.25) is 0 Å². The molecule has 0 aromatic rings. The van der Waals surface area contributed by atoms with Crippen molar-refractivity contribution in [1.82, 2.24) is 10.0 Å². The zero-order chi connectivity index (χ0) is 13.0. The first-order valence-corrected chi connectivity index (χ1v) is 8.57. The number of sulfonamides is 1. The molecule has 0 bridgehead atoms. The van der Waals surface area contributed by atoms with E-state index in [2.05, 4.69) is 10.0 Å². The van der Waals surface area contributed by atoms with Crippen LogP contribution in [-0.4, -0.2) is 45.5 Å². The van der Waals surface area contributed by atoms with Gasteiger partial charge in [0.2, 0.25) is 10.0 Å². The molecular weight excluding hydrogens is 252 g/mol. The Kier molecular flexibility index (Phi) is 5.00. The van der Waals surface area contributed by atoms with Gasteiger partial charge in [0.25, 0.3) is 0 Å². The zero-order valence-corrected chi connectivity index (χ0v) is 11.8. The molecule has 0 aromatic heterocycles. The molecule has 2 aliphatic rings. The second kappa shape index (κ2) is 6.32. The summed E-state index contributed by atoms with van der Waals surface area (Å²) in [7, 11) is -3.14. The van der Waals surface area contributed by atoms with Crippen LogP contribution in [0.25, 0.3) is 0 Å². The molecular formula is C12H24N2O3S. The highest BCUT2D eigenvalue weighted by atomic mass is 32.2. The summed E-state index contributed by atoms with van der Waals surface area (Å²) < 4.78 is 31.8. The van der Waals surface area contributed by atoms with Crippen LogP contribution in [0.2, 0.25) is 0 Å². The van der Waals surface area contributed by atoms with E-state index in [1.807, 2.05) is 6.92 Å². The van der Waals surface area contributed by atoms with Crippen molar-refractivity contribution in [1.29, 1.82) is 0 Å². The molecule has 2 unspecified atom stereocenters. The van der Waals surface area contributed by atoms with E-state index in [0.717, 1.165) is 25.8 Å². The van der Waals surface area contributed by atoms with Crippen molar-refractivity contribution >= 4 is 10.0 Å². The van der Waals surface area contributed by atoms with E-state index >= 15 is 0 Å². The minimum atomic E-state index is -3.14. The fourth-order valence-electron chi connectivity index (χ4n) is 2.19. The number of nitrogens with one attached hydrogen (secondary N) is 2. The third-order valence-corrected chi connectivity index (χ3v) is 5.05. The monoisotopic (exact) mass is 276 g/mol. The third kappa shape index (κ3) is 4.84. The SMILES string of the molecule is CC1OCCC1NS(=O)(=O)CCCCNC1CC1. The lowest BCUT2D eigenvalue weighted by atomic mass is 10.2. The van der Waals surface area contributed by atoms with Crippen LogP contribution in [-0.2, 0) is 14.8 Å². The summed E-state index contributed by atoms with van der Waals surface area (Å²) in [6.45, 7) is 3.50. The Balaban J connectivity index is 1.60. The lowest BCUT2D eigenvalue weighted by Gasteiger charge is -2.16. The van der Waals surface area contributed by atoms with Gasteiger partial charge >= 0.3 is 0 Å². The van der Waals surface area contributed by atoms with Crippen LogP contribution in [0.3, 0.4) is 0 Å². The summed E-state index contributed by atoms with van der Waals surface area (Å²) in [5, 5.41) is 3.39. The lowest BCUT2D eigenvalue weighted by Crippen LogP contribution is -2.40. The van der Waals surface area contributed by atoms with Crippen LogP contribution in [0, 0.1) is 0 Å². The van der Waals surface area contributed by atoms with E-state index in [4.69, 9.17) is 4.74 Å². The van der Waals surface area contributed by atoms with Gasteiger partial charge in [-0.15, -0.1) is 0 Å². The average molecular weight is 276 g/mol. The molecule has 106 valence electrons. The highest BCUT2D eigenvalue weighted by Crippen LogP contribution is 2.18. The largest absolute Gasteiger partial charge is 0.377 e. The minimum Gasteiger partial charge on any atom is -0.377 e. The molecule has 1 aliphatic carbocycles. The van der Waals surface area contributed by atoms with E-state index in [9.17, 15) is 8.42 Å². The predicted octanol–water partition coefficient (Wildman–Crippen LogP) is 0.615. The van der Waals surface area contributed by atoms with Gasteiger partial charge in [0.1, 0.15) is 0 Å². The van der Waals surface area contributed by atoms with Crippen molar-refractivity contribution in [2.45, 2.75) is 57.2 Å². The van der Waals surface area contributed by atoms with E-state index in [1.165, 1.54) is 12.8 Å². The Bertz CT molecular complexity index is 354. The molecule has 1 aliphatic heterocycles. The van der Waals surface area contributed by atoms with Crippen molar-refractivity contribution in [3.8, 4) is 0 Å². The maximum Gasteiger partial charge on any atom is 0.211 e. The van der Waals surface area contributed by atoms with Gasteiger partial charge in [-0.1, -0.05) is 0 Å². The van der Waals surface area contributed by atoms with Crippen LogP contribution < -0.4 is 10.0 Å². The lowest BCUT2D eigenvalue weighted by molar-refractivity contribution is 0.117. The van der Waals surface area contributed by atoms with E-state index < -0.39 is 10.0 Å². The standard InChI is InChI=1S/C12H24N2O3S/c1-10-12(6-8-17-10)14-18(15,16)9-3-2-7-13-11-4-5-11/h10-14H,2-9H2,1H3. The summed E-state index contributed by atoms with van der Waals surface area (Å²) in [4.78, 5) is 0. The first-order valence-electron chi connectivity index (χ1n) is 6.92. The highest BCUT2D eigenvalue weighted by Gasteiger charge is 2.28. The molecule has 1 saturated heterocycles. The molecule has 6 heteroatoms.